The van der Waals surface area contributed by atoms with E-state index in [0.717, 1.165) is 11.0 Å². The van der Waals surface area contributed by atoms with Crippen molar-refractivity contribution in [1.82, 2.24) is 5.32 Å². The Morgan fingerprint density at radius 2 is 2.17 bits per heavy atom. The van der Waals surface area contributed by atoms with Gasteiger partial charge in [0, 0.05) is 17.4 Å². The van der Waals surface area contributed by atoms with Crippen LogP contribution in [-0.4, -0.2) is 18.5 Å². The smallest absolute Gasteiger partial charge is 0.291 e. The molecule has 0 atom stereocenters. The second-order valence-corrected chi connectivity index (χ2v) is 4.50. The largest absolute Gasteiger partial charge is 0.328 e. The first-order valence-corrected chi connectivity index (χ1v) is 5.82. The van der Waals surface area contributed by atoms with Gasteiger partial charge in [-0.15, -0.1) is 0 Å². The molecule has 1 aromatic rings. The van der Waals surface area contributed by atoms with Crippen LogP contribution >= 0.6 is 15.9 Å². The van der Waals surface area contributed by atoms with Crippen molar-refractivity contribution in [2.45, 2.75) is 6.42 Å². The van der Waals surface area contributed by atoms with Crippen LogP contribution in [0.25, 0.3) is 0 Å². The van der Waals surface area contributed by atoms with Gasteiger partial charge in [0.25, 0.3) is 0 Å². The topological polar surface area (TPSA) is 73.2 Å². The highest BCUT2D eigenvalue weighted by atomic mass is 79.9. The van der Waals surface area contributed by atoms with Crippen LogP contribution in [0.3, 0.4) is 0 Å². The summed E-state index contributed by atoms with van der Waals surface area (Å²) in [4.78, 5) is 23.7. The summed E-state index contributed by atoms with van der Waals surface area (Å²) in [7, 11) is 0. The Hall–Kier alpha value is -1.94. The molecule has 2 rings (SSSR count). The molecule has 0 aliphatic carbocycles. The number of benzene rings is 1. The predicted octanol–water partition coefficient (Wildman–Crippen LogP) is 1.91. The SMILES string of the molecule is N#Cc1cc(F)c(N2CCC(=O)NC2=O)cc1Br. The van der Waals surface area contributed by atoms with E-state index in [1.165, 1.54) is 6.07 Å². The van der Waals surface area contributed by atoms with Gasteiger partial charge < -0.3 is 0 Å². The van der Waals surface area contributed by atoms with Crippen LogP contribution in [0.1, 0.15) is 12.0 Å². The van der Waals surface area contributed by atoms with Gasteiger partial charge in [-0.2, -0.15) is 5.26 Å². The summed E-state index contributed by atoms with van der Waals surface area (Å²) in [5.74, 6) is -1.07. The number of nitrogens with zero attached hydrogens (tertiary/aromatic N) is 2. The Morgan fingerprint density at radius 3 is 2.78 bits per heavy atom. The minimum absolute atomic E-state index is 0.0332. The highest BCUT2D eigenvalue weighted by Gasteiger charge is 2.26. The first-order chi connectivity index (χ1) is 8.52. The first-order valence-electron chi connectivity index (χ1n) is 5.03. The number of rotatable bonds is 1. The Kier molecular flexibility index (Phi) is 3.30. The summed E-state index contributed by atoms with van der Waals surface area (Å²) in [6.07, 6.45) is 0.114. The molecule has 1 heterocycles. The molecule has 0 bridgehead atoms. The predicted molar refractivity (Wildman–Crippen MR) is 64.3 cm³/mol. The quantitative estimate of drug-likeness (QED) is 0.861. The summed E-state index contributed by atoms with van der Waals surface area (Å²) < 4.78 is 14.2. The van der Waals surface area contributed by atoms with Gasteiger partial charge in [0.2, 0.25) is 5.91 Å². The zero-order chi connectivity index (χ0) is 13.3. The first kappa shape index (κ1) is 12.5. The molecule has 5 nitrogen and oxygen atoms in total. The van der Waals surface area contributed by atoms with E-state index in [1.807, 2.05) is 6.07 Å². The van der Waals surface area contributed by atoms with Crippen LogP contribution in [-0.2, 0) is 4.79 Å². The number of amides is 3. The van der Waals surface area contributed by atoms with Crippen molar-refractivity contribution >= 4 is 33.6 Å². The summed E-state index contributed by atoms with van der Waals surface area (Å²) in [5.41, 5.74) is 0.176. The lowest BCUT2D eigenvalue weighted by Crippen LogP contribution is -2.49. The van der Waals surface area contributed by atoms with E-state index in [1.54, 1.807) is 0 Å². The van der Waals surface area contributed by atoms with Crippen molar-refractivity contribution < 1.29 is 14.0 Å². The maximum atomic E-state index is 13.8. The summed E-state index contributed by atoms with van der Waals surface area (Å²) in [5, 5.41) is 10.9. The lowest BCUT2D eigenvalue weighted by Gasteiger charge is -2.27. The average molecular weight is 312 g/mol. The zero-order valence-electron chi connectivity index (χ0n) is 9.04. The minimum atomic E-state index is -0.681. The maximum absolute atomic E-state index is 13.8. The number of nitriles is 1. The number of halogens is 2. The fourth-order valence-corrected chi connectivity index (χ4v) is 2.04. The average Bonchev–Trinajstić information content (AvgIpc) is 2.32. The Bertz CT molecular complexity index is 582. The van der Waals surface area contributed by atoms with E-state index in [9.17, 15) is 14.0 Å². The number of urea groups is 1. The maximum Gasteiger partial charge on any atom is 0.328 e. The van der Waals surface area contributed by atoms with Crippen LogP contribution in [0.5, 0.6) is 0 Å². The summed E-state index contributed by atoms with van der Waals surface area (Å²) in [6.45, 7) is 0.111. The van der Waals surface area contributed by atoms with Gasteiger partial charge in [-0.1, -0.05) is 0 Å². The van der Waals surface area contributed by atoms with E-state index < -0.39 is 11.8 Å². The number of imide groups is 1. The molecule has 18 heavy (non-hydrogen) atoms. The number of nitrogens with one attached hydrogen (secondary N) is 1. The molecule has 1 fully saturated rings. The summed E-state index contributed by atoms with van der Waals surface area (Å²) >= 11 is 3.13. The molecular weight excluding hydrogens is 305 g/mol. The molecule has 0 saturated carbocycles. The van der Waals surface area contributed by atoms with Crippen molar-refractivity contribution in [3.05, 3.63) is 28.0 Å². The number of carbonyl (C=O) groups is 2. The van der Waals surface area contributed by atoms with Gasteiger partial charge in [0.1, 0.15) is 11.9 Å². The third-order valence-corrected chi connectivity index (χ3v) is 3.16. The van der Waals surface area contributed by atoms with E-state index in [-0.39, 0.29) is 30.1 Å². The van der Waals surface area contributed by atoms with Gasteiger partial charge in [0.05, 0.1) is 11.3 Å². The molecule has 1 saturated heterocycles. The minimum Gasteiger partial charge on any atom is -0.291 e. The molecule has 7 heteroatoms. The molecule has 0 spiro atoms. The van der Waals surface area contributed by atoms with Crippen molar-refractivity contribution in [1.29, 1.82) is 5.26 Å². The zero-order valence-corrected chi connectivity index (χ0v) is 10.6. The number of carbonyl (C=O) groups excluding carboxylic acids is 2. The summed E-state index contributed by atoms with van der Waals surface area (Å²) in [6, 6.07) is 3.55. The molecule has 1 aliphatic heterocycles. The van der Waals surface area contributed by atoms with Gasteiger partial charge in [0.15, 0.2) is 0 Å². The Labute approximate surface area is 110 Å². The van der Waals surface area contributed by atoms with Crippen molar-refractivity contribution in [2.75, 3.05) is 11.4 Å². The van der Waals surface area contributed by atoms with E-state index in [4.69, 9.17) is 5.26 Å². The van der Waals surface area contributed by atoms with Crippen LogP contribution in [0.15, 0.2) is 16.6 Å². The molecule has 1 aromatic carbocycles. The number of hydrogen-bond acceptors (Lipinski definition) is 3. The third-order valence-electron chi connectivity index (χ3n) is 2.50. The Balaban J connectivity index is 2.40. The molecule has 1 N–H and O–H groups in total. The third kappa shape index (κ3) is 2.19. The number of hydrogen-bond donors (Lipinski definition) is 1. The lowest BCUT2D eigenvalue weighted by atomic mass is 10.2. The normalized spacial score (nSPS) is 15.3. The Morgan fingerprint density at radius 1 is 1.44 bits per heavy atom. The van der Waals surface area contributed by atoms with Gasteiger partial charge in [-0.25, -0.2) is 9.18 Å². The molecule has 0 unspecified atom stereocenters. The second-order valence-electron chi connectivity index (χ2n) is 3.65. The van der Waals surface area contributed by atoms with Crippen LogP contribution in [0, 0.1) is 17.1 Å². The van der Waals surface area contributed by atoms with Crippen LogP contribution in [0.4, 0.5) is 14.9 Å². The van der Waals surface area contributed by atoms with Crippen LogP contribution < -0.4 is 10.2 Å². The van der Waals surface area contributed by atoms with E-state index in [0.29, 0.717) is 4.47 Å². The monoisotopic (exact) mass is 311 g/mol. The molecule has 92 valence electrons. The highest BCUT2D eigenvalue weighted by molar-refractivity contribution is 9.10. The van der Waals surface area contributed by atoms with Gasteiger partial charge in [-0.3, -0.25) is 15.0 Å². The van der Waals surface area contributed by atoms with Crippen molar-refractivity contribution in [3.8, 4) is 6.07 Å². The highest BCUT2D eigenvalue weighted by Crippen LogP contribution is 2.28. The van der Waals surface area contributed by atoms with E-state index >= 15 is 0 Å². The fourth-order valence-electron chi connectivity index (χ4n) is 1.62. The molecular formula is C11H7BrFN3O2. The molecule has 0 radical (unpaired) electrons. The molecule has 1 aliphatic rings. The van der Waals surface area contributed by atoms with Crippen LogP contribution in [0.2, 0.25) is 0 Å². The van der Waals surface area contributed by atoms with Gasteiger partial charge in [-0.05, 0) is 28.1 Å². The van der Waals surface area contributed by atoms with Crippen molar-refractivity contribution in [3.63, 3.8) is 0 Å². The fraction of sp³-hybridized carbons (Fsp3) is 0.182. The molecule has 0 aromatic heterocycles. The standard InChI is InChI=1S/C11H7BrFN3O2/c12-7-4-9(8(13)3-6(7)5-14)16-2-1-10(17)15-11(16)18/h3-4H,1-2H2,(H,15,17,18). The van der Waals surface area contributed by atoms with Gasteiger partial charge >= 0.3 is 6.03 Å². The lowest BCUT2D eigenvalue weighted by molar-refractivity contribution is -0.120. The molecule has 3 amide bonds. The van der Waals surface area contributed by atoms with E-state index in [2.05, 4.69) is 21.2 Å². The van der Waals surface area contributed by atoms with Crippen molar-refractivity contribution in [2.24, 2.45) is 0 Å². The number of anilines is 1. The second kappa shape index (κ2) is 4.74.